The number of hydrogen-bond acceptors (Lipinski definition) is 2. The highest BCUT2D eigenvalue weighted by molar-refractivity contribution is 6.11. The van der Waals surface area contributed by atoms with Crippen LogP contribution < -0.4 is 0 Å². The number of benzene rings is 5. The van der Waals surface area contributed by atoms with Crippen molar-refractivity contribution < 1.29 is 4.42 Å². The third kappa shape index (κ3) is 2.57. The van der Waals surface area contributed by atoms with Gasteiger partial charge in [0.1, 0.15) is 11.2 Å². The van der Waals surface area contributed by atoms with Crippen molar-refractivity contribution in [1.29, 1.82) is 5.26 Å². The van der Waals surface area contributed by atoms with E-state index >= 15 is 0 Å². The summed E-state index contributed by atoms with van der Waals surface area (Å²) >= 11 is 0. The molecule has 34 heavy (non-hydrogen) atoms. The molecule has 7 rings (SSSR count). The fraction of sp³-hybridized carbons (Fsp3) is 0. The minimum Gasteiger partial charge on any atom is -0.456 e. The van der Waals surface area contributed by atoms with Crippen LogP contribution in [0.4, 0.5) is 0 Å². The average Bonchev–Trinajstić information content (AvgIpc) is 3.44. The van der Waals surface area contributed by atoms with E-state index in [1.165, 1.54) is 21.8 Å². The van der Waals surface area contributed by atoms with Crippen molar-refractivity contribution in [3.63, 3.8) is 0 Å². The lowest BCUT2D eigenvalue weighted by molar-refractivity contribution is 0.669. The number of nitrogens with zero attached hydrogens (tertiary/aromatic N) is 2. The van der Waals surface area contributed by atoms with E-state index in [4.69, 9.17) is 4.42 Å². The zero-order chi connectivity index (χ0) is 22.6. The van der Waals surface area contributed by atoms with Crippen LogP contribution in [-0.4, -0.2) is 4.57 Å². The first kappa shape index (κ1) is 18.7. The van der Waals surface area contributed by atoms with Gasteiger partial charge in [-0.1, -0.05) is 66.7 Å². The van der Waals surface area contributed by atoms with Crippen LogP contribution in [-0.2, 0) is 0 Å². The molecule has 0 N–H and O–H groups in total. The molecule has 0 aliphatic carbocycles. The van der Waals surface area contributed by atoms with E-state index in [2.05, 4.69) is 95.6 Å². The van der Waals surface area contributed by atoms with Gasteiger partial charge in [-0.15, -0.1) is 0 Å². The average molecular weight is 434 g/mol. The van der Waals surface area contributed by atoms with Crippen molar-refractivity contribution in [3.05, 3.63) is 115 Å². The molecule has 0 saturated carbocycles. The predicted octanol–water partition coefficient (Wildman–Crippen LogP) is 8.22. The van der Waals surface area contributed by atoms with Gasteiger partial charge in [-0.05, 0) is 48.0 Å². The fourth-order valence-electron chi connectivity index (χ4n) is 5.18. The molecule has 0 atom stereocenters. The van der Waals surface area contributed by atoms with Gasteiger partial charge in [-0.25, -0.2) is 0 Å². The fourth-order valence-corrected chi connectivity index (χ4v) is 5.18. The number of rotatable bonds is 2. The first-order valence-corrected chi connectivity index (χ1v) is 11.3. The van der Waals surface area contributed by atoms with Gasteiger partial charge in [0.2, 0.25) is 0 Å². The molecule has 3 nitrogen and oxygen atoms in total. The highest BCUT2D eigenvalue weighted by Crippen LogP contribution is 2.38. The van der Waals surface area contributed by atoms with Gasteiger partial charge < -0.3 is 8.98 Å². The monoisotopic (exact) mass is 434 g/mol. The molecule has 0 fully saturated rings. The Bertz CT molecular complexity index is 1880. The van der Waals surface area contributed by atoms with Gasteiger partial charge in [0, 0.05) is 27.1 Å². The van der Waals surface area contributed by atoms with Crippen molar-refractivity contribution >= 4 is 43.7 Å². The summed E-state index contributed by atoms with van der Waals surface area (Å²) in [5, 5.41) is 14.0. The van der Waals surface area contributed by atoms with Crippen molar-refractivity contribution in [3.8, 4) is 22.9 Å². The molecular formula is C31H18N2O. The maximum absolute atomic E-state index is 9.68. The lowest BCUT2D eigenvalue weighted by Gasteiger charge is -2.14. The smallest absolute Gasteiger partial charge is 0.136 e. The van der Waals surface area contributed by atoms with E-state index in [1.807, 2.05) is 24.3 Å². The molecule has 2 heterocycles. The number of hydrogen-bond donors (Lipinski definition) is 0. The summed E-state index contributed by atoms with van der Waals surface area (Å²) in [6.45, 7) is 0. The van der Waals surface area contributed by atoms with Gasteiger partial charge in [0.05, 0.1) is 28.4 Å². The van der Waals surface area contributed by atoms with E-state index in [-0.39, 0.29) is 0 Å². The minimum absolute atomic E-state index is 0.629. The molecule has 0 unspecified atom stereocenters. The van der Waals surface area contributed by atoms with Crippen LogP contribution in [0, 0.1) is 11.3 Å². The Balaban J connectivity index is 1.55. The summed E-state index contributed by atoms with van der Waals surface area (Å²) in [6, 6.07) is 39.8. The highest BCUT2D eigenvalue weighted by Gasteiger charge is 2.16. The number of furan rings is 1. The first-order chi connectivity index (χ1) is 16.8. The number of aromatic nitrogens is 1. The molecule has 0 aliphatic rings. The summed E-state index contributed by atoms with van der Waals surface area (Å²) in [5.74, 6) is 0. The maximum Gasteiger partial charge on any atom is 0.136 e. The van der Waals surface area contributed by atoms with Crippen LogP contribution in [0.2, 0.25) is 0 Å². The largest absolute Gasteiger partial charge is 0.456 e. The Hall–Kier alpha value is -4.81. The predicted molar refractivity (Wildman–Crippen MR) is 138 cm³/mol. The van der Waals surface area contributed by atoms with E-state index in [1.54, 1.807) is 0 Å². The van der Waals surface area contributed by atoms with Crippen LogP contribution in [0.15, 0.2) is 114 Å². The standard InChI is InChI=1S/C31H18N2O/c32-19-21-8-7-15-30-31(21)25-18-20(16-17-29(25)34-30)22-9-1-4-12-26(22)33-27-13-5-2-10-23(27)24-11-3-6-14-28(24)33/h1-18H. The molecule has 0 saturated heterocycles. The Morgan fingerprint density at radius 1 is 0.618 bits per heavy atom. The number of fused-ring (bicyclic) bond motifs is 6. The van der Waals surface area contributed by atoms with Gasteiger partial charge in [0.15, 0.2) is 0 Å². The maximum atomic E-state index is 9.68. The summed E-state index contributed by atoms with van der Waals surface area (Å²) < 4.78 is 8.39. The van der Waals surface area contributed by atoms with Gasteiger partial charge in [-0.3, -0.25) is 0 Å². The SMILES string of the molecule is N#Cc1cccc2oc3ccc(-c4ccccc4-n4c5ccccc5c5ccccc54)cc3c12. The molecule has 158 valence electrons. The molecule has 5 aromatic carbocycles. The molecule has 0 aliphatic heterocycles. The Morgan fingerprint density at radius 3 is 2.09 bits per heavy atom. The first-order valence-electron chi connectivity index (χ1n) is 11.3. The van der Waals surface area contributed by atoms with Crippen molar-refractivity contribution in [2.45, 2.75) is 0 Å². The van der Waals surface area contributed by atoms with Crippen molar-refractivity contribution in [2.75, 3.05) is 0 Å². The van der Waals surface area contributed by atoms with E-state index < -0.39 is 0 Å². The van der Waals surface area contributed by atoms with E-state index in [0.717, 1.165) is 38.8 Å². The van der Waals surface area contributed by atoms with Gasteiger partial charge in [-0.2, -0.15) is 5.26 Å². The number of para-hydroxylation sites is 3. The summed E-state index contributed by atoms with van der Waals surface area (Å²) in [7, 11) is 0. The van der Waals surface area contributed by atoms with Crippen LogP contribution in [0.3, 0.4) is 0 Å². The minimum atomic E-state index is 0.629. The molecule has 3 heteroatoms. The summed E-state index contributed by atoms with van der Waals surface area (Å²) in [6.07, 6.45) is 0. The second-order valence-electron chi connectivity index (χ2n) is 8.49. The van der Waals surface area contributed by atoms with Crippen molar-refractivity contribution in [1.82, 2.24) is 4.57 Å². The molecular weight excluding hydrogens is 416 g/mol. The van der Waals surface area contributed by atoms with Gasteiger partial charge in [0.25, 0.3) is 0 Å². The topological polar surface area (TPSA) is 41.9 Å². The quantitative estimate of drug-likeness (QED) is 0.275. The molecule has 2 aromatic heterocycles. The Labute approximate surface area is 195 Å². The highest BCUT2D eigenvalue weighted by atomic mass is 16.3. The third-order valence-electron chi connectivity index (χ3n) is 6.65. The van der Waals surface area contributed by atoms with Crippen LogP contribution in [0.25, 0.3) is 60.6 Å². The second-order valence-corrected chi connectivity index (χ2v) is 8.49. The van der Waals surface area contributed by atoms with Crippen molar-refractivity contribution in [2.24, 2.45) is 0 Å². The normalized spacial score (nSPS) is 11.5. The van der Waals surface area contributed by atoms with Crippen LogP contribution in [0.5, 0.6) is 0 Å². The molecule has 7 aromatic rings. The molecule has 0 amide bonds. The van der Waals surface area contributed by atoms with Gasteiger partial charge >= 0.3 is 0 Å². The Morgan fingerprint density at radius 2 is 1.32 bits per heavy atom. The Kier molecular flexibility index (Phi) is 3.91. The van der Waals surface area contributed by atoms with E-state index in [0.29, 0.717) is 5.56 Å². The molecule has 0 spiro atoms. The van der Waals surface area contributed by atoms with Crippen LogP contribution in [0.1, 0.15) is 5.56 Å². The molecule has 0 radical (unpaired) electrons. The van der Waals surface area contributed by atoms with E-state index in [9.17, 15) is 5.26 Å². The number of nitriles is 1. The zero-order valence-electron chi connectivity index (χ0n) is 18.2. The second kappa shape index (κ2) is 7.10. The third-order valence-corrected chi connectivity index (χ3v) is 6.65. The summed E-state index contributed by atoms with van der Waals surface area (Å²) in [5.41, 5.74) is 7.84. The molecule has 0 bridgehead atoms. The van der Waals surface area contributed by atoms with Crippen LogP contribution >= 0.6 is 0 Å². The summed E-state index contributed by atoms with van der Waals surface area (Å²) in [4.78, 5) is 0. The lowest BCUT2D eigenvalue weighted by Crippen LogP contribution is -1.96. The zero-order valence-corrected chi connectivity index (χ0v) is 18.2. The lowest BCUT2D eigenvalue weighted by atomic mass is 9.99.